The molecule has 31 heavy (non-hydrogen) atoms. The summed E-state index contributed by atoms with van der Waals surface area (Å²) in [6.45, 7) is 3.32. The van der Waals surface area contributed by atoms with Crippen LogP contribution in [0, 0.1) is 0 Å². The van der Waals surface area contributed by atoms with Crippen molar-refractivity contribution >= 4 is 67.4 Å². The third-order valence-corrected chi connectivity index (χ3v) is 5.24. The minimum Gasteiger partial charge on any atom is -0.424 e. The Balaban J connectivity index is 1.83. The highest BCUT2D eigenvalue weighted by atomic mass is 79.9. The SMILES string of the molecule is CCCC(=O)Oc1c(Br)cc(/C=C2\N=C(c3ccc(NC(C)=O)cc3)OC2=O)cc1Br. The molecule has 1 N–H and O–H groups in total. The van der Waals surface area contributed by atoms with Gasteiger partial charge in [0.2, 0.25) is 11.8 Å². The number of aliphatic imine (C=N–C) groups is 1. The normalized spacial score (nSPS) is 14.3. The van der Waals surface area contributed by atoms with E-state index in [2.05, 4.69) is 42.2 Å². The molecule has 2 aromatic rings. The van der Waals surface area contributed by atoms with Crippen molar-refractivity contribution < 1.29 is 23.9 Å². The fourth-order valence-corrected chi connectivity index (χ4v) is 4.10. The highest BCUT2D eigenvalue weighted by Gasteiger charge is 2.24. The van der Waals surface area contributed by atoms with Gasteiger partial charge in [0.25, 0.3) is 0 Å². The molecule has 0 fully saturated rings. The number of halogens is 2. The van der Waals surface area contributed by atoms with E-state index in [1.807, 2.05) is 6.92 Å². The Bertz CT molecular complexity index is 1080. The molecule has 2 aromatic carbocycles. The first kappa shape index (κ1) is 22.9. The second-order valence-corrected chi connectivity index (χ2v) is 8.34. The van der Waals surface area contributed by atoms with Crippen LogP contribution in [0.25, 0.3) is 6.08 Å². The van der Waals surface area contributed by atoms with Gasteiger partial charge in [0.15, 0.2) is 11.4 Å². The lowest BCUT2D eigenvalue weighted by Gasteiger charge is -2.09. The molecule has 0 saturated heterocycles. The summed E-state index contributed by atoms with van der Waals surface area (Å²) in [5.74, 6) is -0.530. The first-order valence-corrected chi connectivity index (χ1v) is 11.0. The number of rotatable bonds is 6. The number of ether oxygens (including phenoxy) is 2. The fourth-order valence-electron chi connectivity index (χ4n) is 2.72. The first-order valence-electron chi connectivity index (χ1n) is 9.37. The lowest BCUT2D eigenvalue weighted by molar-refractivity contribution is -0.134. The molecule has 160 valence electrons. The fraction of sp³-hybridized carbons (Fsp3) is 0.182. The second kappa shape index (κ2) is 10.0. The van der Waals surface area contributed by atoms with Gasteiger partial charge in [0.1, 0.15) is 0 Å². The van der Waals surface area contributed by atoms with Gasteiger partial charge in [-0.1, -0.05) is 6.92 Å². The summed E-state index contributed by atoms with van der Waals surface area (Å²) >= 11 is 6.79. The molecule has 1 heterocycles. The van der Waals surface area contributed by atoms with Crippen molar-refractivity contribution in [2.45, 2.75) is 26.7 Å². The zero-order valence-electron chi connectivity index (χ0n) is 16.7. The monoisotopic (exact) mass is 548 g/mol. The number of hydrogen-bond donors (Lipinski definition) is 1. The summed E-state index contributed by atoms with van der Waals surface area (Å²) in [7, 11) is 0. The van der Waals surface area contributed by atoms with Gasteiger partial charge in [0.05, 0.1) is 8.95 Å². The molecule has 0 aliphatic carbocycles. The van der Waals surface area contributed by atoms with Gasteiger partial charge >= 0.3 is 11.9 Å². The van der Waals surface area contributed by atoms with Crippen molar-refractivity contribution in [3.05, 3.63) is 62.2 Å². The number of amides is 1. The summed E-state index contributed by atoms with van der Waals surface area (Å²) in [6, 6.07) is 10.2. The number of nitrogens with zero attached hydrogens (tertiary/aromatic N) is 1. The van der Waals surface area contributed by atoms with Gasteiger partial charge in [0, 0.05) is 24.6 Å². The Morgan fingerprint density at radius 1 is 1.16 bits per heavy atom. The number of nitrogens with one attached hydrogen (secondary N) is 1. The molecule has 3 rings (SSSR count). The Labute approximate surface area is 195 Å². The number of cyclic esters (lactones) is 1. The molecule has 9 heteroatoms. The number of esters is 2. The average molecular weight is 550 g/mol. The van der Waals surface area contributed by atoms with Crippen LogP contribution in [-0.4, -0.2) is 23.7 Å². The Kier molecular flexibility index (Phi) is 7.40. The molecule has 0 aromatic heterocycles. The van der Waals surface area contributed by atoms with Crippen molar-refractivity contribution in [2.24, 2.45) is 4.99 Å². The Morgan fingerprint density at radius 2 is 1.81 bits per heavy atom. The van der Waals surface area contributed by atoms with Crippen molar-refractivity contribution in [1.29, 1.82) is 0 Å². The smallest absolute Gasteiger partial charge is 0.363 e. The summed E-state index contributed by atoms with van der Waals surface area (Å²) < 4.78 is 11.8. The lowest BCUT2D eigenvalue weighted by atomic mass is 10.2. The predicted molar refractivity (Wildman–Crippen MR) is 124 cm³/mol. The topological polar surface area (TPSA) is 94.1 Å². The quantitative estimate of drug-likeness (QED) is 0.303. The van der Waals surface area contributed by atoms with Crippen LogP contribution in [0.15, 0.2) is 56.0 Å². The van der Waals surface area contributed by atoms with Crippen molar-refractivity contribution in [3.8, 4) is 5.75 Å². The highest BCUT2D eigenvalue weighted by Crippen LogP contribution is 2.36. The third kappa shape index (κ3) is 5.89. The molecule has 1 amide bonds. The molecule has 0 unspecified atom stereocenters. The summed E-state index contributed by atoms with van der Waals surface area (Å²) in [5, 5.41) is 2.67. The maximum atomic E-state index is 12.3. The van der Waals surface area contributed by atoms with Crippen molar-refractivity contribution in [1.82, 2.24) is 0 Å². The summed E-state index contributed by atoms with van der Waals surface area (Å²) in [4.78, 5) is 39.5. The van der Waals surface area contributed by atoms with E-state index in [-0.39, 0.29) is 23.5 Å². The van der Waals surface area contributed by atoms with Crippen LogP contribution in [0.4, 0.5) is 5.69 Å². The van der Waals surface area contributed by atoms with Gasteiger partial charge in [-0.2, -0.15) is 0 Å². The van der Waals surface area contributed by atoms with E-state index in [9.17, 15) is 14.4 Å². The Hall–Kier alpha value is -2.78. The summed E-state index contributed by atoms with van der Waals surface area (Å²) in [5.41, 5.74) is 2.03. The van der Waals surface area contributed by atoms with E-state index in [1.165, 1.54) is 6.92 Å². The van der Waals surface area contributed by atoms with Crippen LogP contribution >= 0.6 is 31.9 Å². The number of hydrogen-bond acceptors (Lipinski definition) is 6. The molecule has 7 nitrogen and oxygen atoms in total. The lowest BCUT2D eigenvalue weighted by Crippen LogP contribution is -2.08. The maximum absolute atomic E-state index is 12.3. The molecular weight excluding hydrogens is 532 g/mol. The van der Waals surface area contributed by atoms with Crippen molar-refractivity contribution in [2.75, 3.05) is 5.32 Å². The first-order chi connectivity index (χ1) is 14.8. The molecule has 0 bridgehead atoms. The van der Waals surface area contributed by atoms with Gasteiger partial charge in [-0.05, 0) is 86.3 Å². The number of benzene rings is 2. The van der Waals surface area contributed by atoms with Crippen LogP contribution in [0.1, 0.15) is 37.8 Å². The maximum Gasteiger partial charge on any atom is 0.363 e. The molecule has 0 radical (unpaired) electrons. The standard InChI is InChI=1S/C22H18Br2N2O5/c1-3-4-19(28)30-20-16(23)9-13(10-17(20)24)11-18-22(29)31-21(26-18)14-5-7-15(8-6-14)25-12(2)27/h5-11H,3-4H2,1-2H3,(H,25,27)/b18-11-. The zero-order chi connectivity index (χ0) is 22.5. The van der Waals surface area contributed by atoms with E-state index < -0.39 is 5.97 Å². The number of carbonyl (C=O) groups is 3. The predicted octanol–water partition coefficient (Wildman–Crippen LogP) is 5.22. The minimum atomic E-state index is -0.577. The van der Waals surface area contributed by atoms with Crippen molar-refractivity contribution in [3.63, 3.8) is 0 Å². The second-order valence-electron chi connectivity index (χ2n) is 6.63. The minimum absolute atomic E-state index is 0.135. The van der Waals surface area contributed by atoms with E-state index >= 15 is 0 Å². The number of anilines is 1. The molecule has 0 saturated carbocycles. The van der Waals surface area contributed by atoms with Crippen LogP contribution in [0.3, 0.4) is 0 Å². The third-order valence-electron chi connectivity index (χ3n) is 4.07. The van der Waals surface area contributed by atoms with E-state index in [0.717, 1.165) is 0 Å². The average Bonchev–Trinajstić information content (AvgIpc) is 3.05. The van der Waals surface area contributed by atoms with E-state index in [0.29, 0.717) is 44.4 Å². The largest absolute Gasteiger partial charge is 0.424 e. The molecule has 0 spiro atoms. The van der Waals surface area contributed by atoms with E-state index in [4.69, 9.17) is 9.47 Å². The van der Waals surface area contributed by atoms with Gasteiger partial charge in [-0.25, -0.2) is 9.79 Å². The van der Waals surface area contributed by atoms with Gasteiger partial charge in [-0.3, -0.25) is 9.59 Å². The Morgan fingerprint density at radius 3 is 2.39 bits per heavy atom. The zero-order valence-corrected chi connectivity index (χ0v) is 19.9. The highest BCUT2D eigenvalue weighted by molar-refractivity contribution is 9.11. The molecule has 0 atom stereocenters. The molecule has 1 aliphatic heterocycles. The van der Waals surface area contributed by atoms with E-state index in [1.54, 1.807) is 42.5 Å². The molecule has 1 aliphatic rings. The van der Waals surface area contributed by atoms with Crippen LogP contribution < -0.4 is 10.1 Å². The van der Waals surface area contributed by atoms with Gasteiger partial charge < -0.3 is 14.8 Å². The molecular formula is C22H18Br2N2O5. The summed E-state index contributed by atoms with van der Waals surface area (Å²) in [6.07, 6.45) is 2.59. The van der Waals surface area contributed by atoms with Gasteiger partial charge in [-0.15, -0.1) is 0 Å². The number of carbonyl (C=O) groups excluding carboxylic acids is 3. The van der Waals surface area contributed by atoms with Crippen LogP contribution in [0.5, 0.6) is 5.75 Å². The van der Waals surface area contributed by atoms with Crippen LogP contribution in [0.2, 0.25) is 0 Å². The van der Waals surface area contributed by atoms with Crippen LogP contribution in [-0.2, 0) is 19.1 Å².